The number of hydrogen-bond donors (Lipinski definition) is 2. The maximum absolute atomic E-state index is 13.2. The summed E-state index contributed by atoms with van der Waals surface area (Å²) in [4.78, 5) is 13.4. The van der Waals surface area contributed by atoms with Crippen LogP contribution in [0.3, 0.4) is 0 Å². The van der Waals surface area contributed by atoms with E-state index in [1.807, 2.05) is 6.92 Å². The second kappa shape index (κ2) is 12.4. The van der Waals surface area contributed by atoms with Crippen LogP contribution in [0.1, 0.15) is 58.1 Å². The predicted octanol–water partition coefficient (Wildman–Crippen LogP) is 7.51. The molecule has 0 saturated heterocycles. The Hall–Kier alpha value is -2.10. The Morgan fingerprint density at radius 2 is 1.81 bits per heavy atom. The van der Waals surface area contributed by atoms with E-state index in [9.17, 15) is 23.1 Å². The van der Waals surface area contributed by atoms with Gasteiger partial charge >= 0.3 is 12.3 Å². The molecule has 0 fully saturated rings. The molecule has 2 aromatic rings. The summed E-state index contributed by atoms with van der Waals surface area (Å²) in [6.07, 6.45) is -2.90. The zero-order valence-electron chi connectivity index (χ0n) is 21.1. The van der Waals surface area contributed by atoms with Crippen molar-refractivity contribution in [3.05, 3.63) is 52.5 Å². The maximum Gasteiger partial charge on any atom is 0.416 e. The van der Waals surface area contributed by atoms with Crippen LogP contribution in [-0.4, -0.2) is 36.1 Å². The number of amides is 1. The molecular formula is C26H33ClF3NO4S. The minimum absolute atomic E-state index is 0.263. The van der Waals surface area contributed by atoms with Crippen molar-refractivity contribution in [2.75, 3.05) is 13.7 Å². The first-order valence-electron chi connectivity index (χ1n) is 11.6. The molecule has 36 heavy (non-hydrogen) atoms. The number of rotatable bonds is 10. The molecule has 2 aromatic carbocycles. The fourth-order valence-electron chi connectivity index (χ4n) is 3.67. The first-order chi connectivity index (χ1) is 16.7. The standard InChI is InChI=1S/C26H33ClF3NO4S/c1-6-12-25(16-32,31-23(33)35-24(2,3)4)13-11-17-7-9-19(15-20(17)27)36-22-14-18(26(28,29)30)8-10-21(22)34-5/h7-10,14-15,32H,6,11-13,16H2,1-5H3,(H,31,33)/t25-/m0/s1. The lowest BCUT2D eigenvalue weighted by atomic mass is 9.87. The maximum atomic E-state index is 13.2. The number of carbonyl (C=O) groups is 1. The third kappa shape index (κ3) is 8.78. The van der Waals surface area contributed by atoms with Gasteiger partial charge in [-0.1, -0.05) is 42.8 Å². The Bertz CT molecular complexity index is 1040. The fourth-order valence-corrected chi connectivity index (χ4v) is 5.02. The molecule has 0 aromatic heterocycles. The van der Waals surface area contributed by atoms with E-state index in [2.05, 4.69) is 5.32 Å². The summed E-state index contributed by atoms with van der Waals surface area (Å²) in [6, 6.07) is 8.58. The Labute approximate surface area is 219 Å². The quantitative estimate of drug-likeness (QED) is 0.322. The molecule has 0 aliphatic carbocycles. The smallest absolute Gasteiger partial charge is 0.416 e. The summed E-state index contributed by atoms with van der Waals surface area (Å²) >= 11 is 7.63. The van der Waals surface area contributed by atoms with Crippen molar-refractivity contribution in [2.24, 2.45) is 0 Å². The lowest BCUT2D eigenvalue weighted by Crippen LogP contribution is -2.53. The highest BCUT2D eigenvalue weighted by Crippen LogP contribution is 2.40. The summed E-state index contributed by atoms with van der Waals surface area (Å²) in [5.41, 5.74) is -1.52. The lowest BCUT2D eigenvalue weighted by Gasteiger charge is -2.34. The number of benzene rings is 2. The number of methoxy groups -OCH3 is 1. The molecule has 5 nitrogen and oxygen atoms in total. The van der Waals surface area contributed by atoms with Crippen molar-refractivity contribution < 1.29 is 32.5 Å². The van der Waals surface area contributed by atoms with Gasteiger partial charge in [0.25, 0.3) is 0 Å². The summed E-state index contributed by atoms with van der Waals surface area (Å²) < 4.78 is 50.1. The number of hydrogen-bond acceptors (Lipinski definition) is 5. The Kier molecular flexibility index (Phi) is 10.4. The van der Waals surface area contributed by atoms with Gasteiger partial charge in [0.1, 0.15) is 11.4 Å². The topological polar surface area (TPSA) is 67.8 Å². The number of carbonyl (C=O) groups excluding carboxylic acids is 1. The SMILES string of the molecule is CCC[C@@](CO)(CCc1ccc(Sc2cc(C(F)(F)F)ccc2OC)cc1Cl)NC(=O)OC(C)(C)C. The molecule has 2 N–H and O–H groups in total. The van der Waals surface area contributed by atoms with Gasteiger partial charge in [-0.15, -0.1) is 0 Å². The highest BCUT2D eigenvalue weighted by molar-refractivity contribution is 7.99. The van der Waals surface area contributed by atoms with E-state index in [0.29, 0.717) is 39.8 Å². The zero-order valence-corrected chi connectivity index (χ0v) is 22.7. The number of alkyl carbamates (subject to hydrolysis) is 1. The van der Waals surface area contributed by atoms with Gasteiger partial charge in [0, 0.05) is 9.92 Å². The van der Waals surface area contributed by atoms with Crippen LogP contribution in [0.4, 0.5) is 18.0 Å². The van der Waals surface area contributed by atoms with Gasteiger partial charge in [-0.25, -0.2) is 4.79 Å². The first-order valence-corrected chi connectivity index (χ1v) is 12.7. The Balaban J connectivity index is 2.19. The average molecular weight is 548 g/mol. The van der Waals surface area contributed by atoms with Gasteiger partial charge in [0.15, 0.2) is 0 Å². The molecule has 0 aliphatic heterocycles. The van der Waals surface area contributed by atoms with Crippen LogP contribution in [0, 0.1) is 0 Å². The van der Waals surface area contributed by atoms with Crippen LogP contribution in [0.2, 0.25) is 5.02 Å². The van der Waals surface area contributed by atoms with Gasteiger partial charge in [-0.2, -0.15) is 13.2 Å². The van der Waals surface area contributed by atoms with E-state index in [1.165, 1.54) is 13.2 Å². The molecule has 0 bridgehead atoms. The molecule has 0 saturated carbocycles. The number of alkyl halides is 3. The molecule has 0 radical (unpaired) electrons. The molecule has 0 aliphatic rings. The van der Waals surface area contributed by atoms with Crippen LogP contribution >= 0.6 is 23.4 Å². The second-order valence-corrected chi connectivity index (χ2v) is 11.1. The number of nitrogens with one attached hydrogen (secondary N) is 1. The normalized spacial score (nSPS) is 13.7. The molecule has 2 rings (SSSR count). The van der Waals surface area contributed by atoms with Crippen molar-refractivity contribution in [1.29, 1.82) is 0 Å². The Morgan fingerprint density at radius 3 is 2.33 bits per heavy atom. The van der Waals surface area contributed by atoms with Crippen LogP contribution in [0.15, 0.2) is 46.2 Å². The van der Waals surface area contributed by atoms with E-state index in [0.717, 1.165) is 35.9 Å². The second-order valence-electron chi connectivity index (χ2n) is 9.53. The molecule has 0 heterocycles. The van der Waals surface area contributed by atoms with Gasteiger partial charge in [0.05, 0.1) is 29.7 Å². The largest absolute Gasteiger partial charge is 0.496 e. The highest BCUT2D eigenvalue weighted by Gasteiger charge is 2.33. The summed E-state index contributed by atoms with van der Waals surface area (Å²) in [5, 5.41) is 13.4. The predicted molar refractivity (Wildman–Crippen MR) is 136 cm³/mol. The van der Waals surface area contributed by atoms with E-state index in [-0.39, 0.29) is 6.61 Å². The van der Waals surface area contributed by atoms with Crippen LogP contribution in [-0.2, 0) is 17.3 Å². The molecule has 200 valence electrons. The minimum atomic E-state index is -4.46. The molecule has 10 heteroatoms. The average Bonchev–Trinajstić information content (AvgIpc) is 2.76. The molecule has 0 spiro atoms. The zero-order chi connectivity index (χ0) is 27.1. The van der Waals surface area contributed by atoms with Crippen molar-refractivity contribution >= 4 is 29.5 Å². The van der Waals surface area contributed by atoms with E-state index >= 15 is 0 Å². The van der Waals surface area contributed by atoms with E-state index in [4.69, 9.17) is 21.1 Å². The van der Waals surface area contributed by atoms with Crippen molar-refractivity contribution in [1.82, 2.24) is 5.32 Å². The number of ether oxygens (including phenoxy) is 2. The van der Waals surface area contributed by atoms with E-state index < -0.39 is 29.0 Å². The van der Waals surface area contributed by atoms with Gasteiger partial charge in [-0.05, 0) is 75.9 Å². The third-order valence-electron chi connectivity index (χ3n) is 5.41. The third-order valence-corrected chi connectivity index (χ3v) is 6.79. The molecular weight excluding hydrogens is 515 g/mol. The molecule has 1 atom stereocenters. The monoisotopic (exact) mass is 547 g/mol. The number of aryl methyl sites for hydroxylation is 1. The van der Waals surface area contributed by atoms with Crippen molar-refractivity contribution in [2.45, 2.75) is 80.5 Å². The lowest BCUT2D eigenvalue weighted by molar-refractivity contribution is -0.137. The molecule has 1 amide bonds. The summed E-state index contributed by atoms with van der Waals surface area (Å²) in [7, 11) is 1.40. The van der Waals surface area contributed by atoms with E-state index in [1.54, 1.807) is 39.0 Å². The number of aliphatic hydroxyl groups excluding tert-OH is 1. The van der Waals surface area contributed by atoms with Crippen LogP contribution in [0.5, 0.6) is 5.75 Å². The minimum Gasteiger partial charge on any atom is -0.496 e. The summed E-state index contributed by atoms with van der Waals surface area (Å²) in [5.74, 6) is 0.328. The van der Waals surface area contributed by atoms with Crippen LogP contribution < -0.4 is 10.1 Å². The van der Waals surface area contributed by atoms with Crippen molar-refractivity contribution in [3.8, 4) is 5.75 Å². The van der Waals surface area contributed by atoms with Gasteiger partial charge in [0.2, 0.25) is 0 Å². The molecule has 0 unspecified atom stereocenters. The van der Waals surface area contributed by atoms with Crippen molar-refractivity contribution in [3.63, 3.8) is 0 Å². The number of halogens is 4. The van der Waals surface area contributed by atoms with Gasteiger partial charge < -0.3 is 19.9 Å². The highest BCUT2D eigenvalue weighted by atomic mass is 35.5. The van der Waals surface area contributed by atoms with Gasteiger partial charge in [-0.3, -0.25) is 0 Å². The first kappa shape index (κ1) is 30.1. The van der Waals surface area contributed by atoms with Crippen LogP contribution in [0.25, 0.3) is 0 Å². The fraction of sp³-hybridized carbons (Fsp3) is 0.500. The summed E-state index contributed by atoms with van der Waals surface area (Å²) in [6.45, 7) is 6.99. The number of aliphatic hydroxyl groups is 1. The Morgan fingerprint density at radius 1 is 1.11 bits per heavy atom.